The zero-order chi connectivity index (χ0) is 24.9. The quantitative estimate of drug-likeness (QED) is 0.336. The van der Waals surface area contributed by atoms with E-state index in [2.05, 4.69) is 4.98 Å². The Morgan fingerprint density at radius 2 is 1.97 bits per heavy atom. The van der Waals surface area contributed by atoms with Gasteiger partial charge in [-0.15, -0.1) is 0 Å². The standard InChI is InChI=1S/C26H25ClN2O6/c1-34-24-8-7-22(12-19(24)15-30)35-21-6-3-16-2-5-20(10-18(16)11-21)29(26(32)33)14-23(31)17-4-9-25(27)28-13-17/h3-4,6-9,11-13,15,20,23,31H,2,5,10,14H2,1H3,(H,32,33)/t20-,23-/m0/s1. The first kappa shape index (κ1) is 24.5. The van der Waals surface area contributed by atoms with Crippen LogP contribution >= 0.6 is 11.6 Å². The molecule has 4 rings (SSSR count). The molecule has 2 N–H and O–H groups in total. The van der Waals surface area contributed by atoms with Crippen molar-refractivity contribution in [3.05, 3.63) is 82.1 Å². The van der Waals surface area contributed by atoms with Crippen LogP contribution in [0.3, 0.4) is 0 Å². The lowest BCUT2D eigenvalue weighted by molar-refractivity contribution is 0.0725. The summed E-state index contributed by atoms with van der Waals surface area (Å²) >= 11 is 5.81. The van der Waals surface area contributed by atoms with Crippen molar-refractivity contribution >= 4 is 24.0 Å². The van der Waals surface area contributed by atoms with Crippen molar-refractivity contribution in [3.63, 3.8) is 0 Å². The molecule has 35 heavy (non-hydrogen) atoms. The third-order valence-corrected chi connectivity index (χ3v) is 6.36. The molecule has 0 aliphatic heterocycles. The molecule has 0 unspecified atom stereocenters. The predicted molar refractivity (Wildman–Crippen MR) is 130 cm³/mol. The van der Waals surface area contributed by atoms with E-state index < -0.39 is 12.2 Å². The molecule has 0 spiro atoms. The lowest BCUT2D eigenvalue weighted by Crippen LogP contribution is -2.44. The minimum Gasteiger partial charge on any atom is -0.496 e. The number of carboxylic acid groups (broad SMARTS) is 1. The van der Waals surface area contributed by atoms with E-state index in [0.717, 1.165) is 11.1 Å². The Balaban J connectivity index is 1.49. The molecule has 0 bridgehead atoms. The highest BCUT2D eigenvalue weighted by molar-refractivity contribution is 6.29. The maximum atomic E-state index is 12.1. The van der Waals surface area contributed by atoms with Gasteiger partial charge in [-0.05, 0) is 66.8 Å². The topological polar surface area (TPSA) is 109 Å². The number of ether oxygens (including phenoxy) is 2. The van der Waals surface area contributed by atoms with Gasteiger partial charge >= 0.3 is 6.09 Å². The first-order valence-electron chi connectivity index (χ1n) is 11.1. The van der Waals surface area contributed by atoms with Crippen molar-refractivity contribution in [1.29, 1.82) is 0 Å². The van der Waals surface area contributed by atoms with Gasteiger partial charge in [0.25, 0.3) is 0 Å². The maximum absolute atomic E-state index is 12.1. The summed E-state index contributed by atoms with van der Waals surface area (Å²) < 4.78 is 11.1. The lowest BCUT2D eigenvalue weighted by atomic mass is 9.87. The molecule has 2 atom stereocenters. The molecular weight excluding hydrogens is 472 g/mol. The van der Waals surface area contributed by atoms with Gasteiger partial charge in [-0.2, -0.15) is 0 Å². The van der Waals surface area contributed by atoms with Crippen molar-refractivity contribution in [1.82, 2.24) is 9.88 Å². The van der Waals surface area contributed by atoms with Crippen LogP contribution in [0, 0.1) is 0 Å². The number of aliphatic hydroxyl groups excluding tert-OH is 1. The number of carbonyl (C=O) groups is 2. The van der Waals surface area contributed by atoms with Gasteiger partial charge in [0.05, 0.1) is 25.3 Å². The summed E-state index contributed by atoms with van der Waals surface area (Å²) in [6.45, 7) is -0.0742. The Kier molecular flexibility index (Phi) is 7.53. The molecule has 0 saturated carbocycles. The van der Waals surface area contributed by atoms with Crippen molar-refractivity contribution in [2.75, 3.05) is 13.7 Å². The third-order valence-electron chi connectivity index (χ3n) is 6.14. The number of carbonyl (C=O) groups excluding carboxylic acids is 1. The summed E-state index contributed by atoms with van der Waals surface area (Å²) in [6.07, 6.45) is 1.89. The van der Waals surface area contributed by atoms with Crippen LogP contribution < -0.4 is 9.47 Å². The first-order chi connectivity index (χ1) is 16.9. The number of rotatable bonds is 8. The monoisotopic (exact) mass is 496 g/mol. The molecule has 1 aliphatic carbocycles. The van der Waals surface area contributed by atoms with Crippen LogP contribution in [-0.2, 0) is 12.8 Å². The second-order valence-electron chi connectivity index (χ2n) is 8.32. The number of nitrogens with zero attached hydrogens (tertiary/aromatic N) is 2. The number of aldehydes is 1. The molecule has 0 fully saturated rings. The summed E-state index contributed by atoms with van der Waals surface area (Å²) in [4.78, 5) is 28.6. The molecule has 2 aromatic carbocycles. The van der Waals surface area contributed by atoms with Gasteiger partial charge in [0, 0.05) is 17.8 Å². The molecule has 0 saturated heterocycles. The molecule has 182 valence electrons. The summed E-state index contributed by atoms with van der Waals surface area (Å²) in [5.74, 6) is 1.54. The number of methoxy groups -OCH3 is 1. The minimum atomic E-state index is -1.09. The van der Waals surface area contributed by atoms with Crippen LogP contribution in [0.25, 0.3) is 0 Å². The van der Waals surface area contributed by atoms with Crippen molar-refractivity contribution in [3.8, 4) is 17.2 Å². The largest absolute Gasteiger partial charge is 0.496 e. The number of aryl methyl sites for hydroxylation is 1. The fourth-order valence-electron chi connectivity index (χ4n) is 4.31. The third kappa shape index (κ3) is 5.72. The van der Waals surface area contributed by atoms with Crippen LogP contribution in [0.5, 0.6) is 17.2 Å². The molecule has 1 amide bonds. The second-order valence-corrected chi connectivity index (χ2v) is 8.70. The second kappa shape index (κ2) is 10.8. The number of amides is 1. The Morgan fingerprint density at radius 1 is 1.20 bits per heavy atom. The van der Waals surface area contributed by atoms with E-state index in [4.69, 9.17) is 21.1 Å². The number of aromatic nitrogens is 1. The van der Waals surface area contributed by atoms with Crippen LogP contribution in [0.15, 0.2) is 54.7 Å². The average Bonchev–Trinajstić information content (AvgIpc) is 2.86. The molecular formula is C26H25ClN2O6. The maximum Gasteiger partial charge on any atom is 0.407 e. The predicted octanol–water partition coefficient (Wildman–Crippen LogP) is 4.92. The summed E-state index contributed by atoms with van der Waals surface area (Å²) in [5.41, 5.74) is 3.00. The van der Waals surface area contributed by atoms with Gasteiger partial charge in [0.1, 0.15) is 22.4 Å². The van der Waals surface area contributed by atoms with Gasteiger partial charge < -0.3 is 24.6 Å². The van der Waals surface area contributed by atoms with Gasteiger partial charge in [0.15, 0.2) is 6.29 Å². The molecule has 1 aliphatic rings. The fourth-order valence-corrected chi connectivity index (χ4v) is 4.42. The highest BCUT2D eigenvalue weighted by Crippen LogP contribution is 2.32. The van der Waals surface area contributed by atoms with E-state index in [9.17, 15) is 19.8 Å². The minimum absolute atomic E-state index is 0.0742. The number of halogens is 1. The number of fused-ring (bicyclic) bond motifs is 1. The molecule has 1 aromatic heterocycles. The molecule has 9 heteroatoms. The summed E-state index contributed by atoms with van der Waals surface area (Å²) in [5, 5.41) is 20.8. The van der Waals surface area contributed by atoms with E-state index in [1.807, 2.05) is 18.2 Å². The molecule has 3 aromatic rings. The Labute approximate surface area is 207 Å². The van der Waals surface area contributed by atoms with Gasteiger partial charge in [-0.25, -0.2) is 9.78 Å². The Morgan fingerprint density at radius 3 is 2.66 bits per heavy atom. The molecule has 8 nitrogen and oxygen atoms in total. The van der Waals surface area contributed by atoms with E-state index in [0.29, 0.717) is 59.1 Å². The Hall–Kier alpha value is -3.62. The van der Waals surface area contributed by atoms with Gasteiger partial charge in [0.2, 0.25) is 0 Å². The van der Waals surface area contributed by atoms with Crippen LogP contribution in [-0.4, -0.2) is 52.2 Å². The molecule has 0 radical (unpaired) electrons. The van der Waals surface area contributed by atoms with E-state index in [-0.39, 0.29) is 12.6 Å². The number of hydrogen-bond donors (Lipinski definition) is 2. The summed E-state index contributed by atoms with van der Waals surface area (Å²) in [6, 6.07) is 13.6. The number of pyridine rings is 1. The summed E-state index contributed by atoms with van der Waals surface area (Å²) in [7, 11) is 1.49. The molecule has 1 heterocycles. The first-order valence-corrected chi connectivity index (χ1v) is 11.5. The number of aliphatic hydroxyl groups is 1. The van der Waals surface area contributed by atoms with E-state index in [1.165, 1.54) is 18.2 Å². The van der Waals surface area contributed by atoms with Gasteiger partial charge in [-0.3, -0.25) is 4.79 Å². The van der Waals surface area contributed by atoms with Crippen LogP contribution in [0.2, 0.25) is 5.15 Å². The van der Waals surface area contributed by atoms with Crippen LogP contribution in [0.1, 0.15) is 39.6 Å². The van der Waals surface area contributed by atoms with Crippen LogP contribution in [0.4, 0.5) is 4.79 Å². The van der Waals surface area contributed by atoms with Crippen molar-refractivity contribution in [2.24, 2.45) is 0 Å². The number of hydrogen-bond acceptors (Lipinski definition) is 6. The SMILES string of the molecule is COc1ccc(Oc2ccc3c(c2)C[C@@H](N(C[C@H](O)c2ccc(Cl)nc2)C(=O)O)CC3)cc1C=O. The van der Waals surface area contributed by atoms with Gasteiger partial charge in [-0.1, -0.05) is 23.7 Å². The highest BCUT2D eigenvalue weighted by Gasteiger charge is 2.30. The lowest BCUT2D eigenvalue weighted by Gasteiger charge is -2.34. The Bertz CT molecular complexity index is 1220. The van der Waals surface area contributed by atoms with Crippen molar-refractivity contribution in [2.45, 2.75) is 31.4 Å². The van der Waals surface area contributed by atoms with E-state index >= 15 is 0 Å². The average molecular weight is 497 g/mol. The fraction of sp³-hybridized carbons (Fsp3) is 0.269. The smallest absolute Gasteiger partial charge is 0.407 e. The normalized spacial score (nSPS) is 15.6. The highest BCUT2D eigenvalue weighted by atomic mass is 35.5. The van der Waals surface area contributed by atoms with Crippen molar-refractivity contribution < 1.29 is 29.3 Å². The van der Waals surface area contributed by atoms with E-state index in [1.54, 1.807) is 30.3 Å². The number of benzene rings is 2. The zero-order valence-electron chi connectivity index (χ0n) is 19.1. The zero-order valence-corrected chi connectivity index (χ0v) is 19.8.